The van der Waals surface area contributed by atoms with Crippen LogP contribution < -0.4 is 0 Å². The molecule has 1 fully saturated rings. The fourth-order valence-corrected chi connectivity index (χ4v) is 4.34. The highest BCUT2D eigenvalue weighted by Gasteiger charge is 2.26. The molecule has 0 aliphatic carbocycles. The Hall–Kier alpha value is -2.47. The lowest BCUT2D eigenvalue weighted by Gasteiger charge is -2.26. The van der Waals surface area contributed by atoms with E-state index in [1.807, 2.05) is 42.2 Å². The molecule has 25 heavy (non-hydrogen) atoms. The second-order valence-corrected chi connectivity index (χ2v) is 7.31. The number of likely N-dealkylation sites (tertiary alicyclic amines) is 1. The van der Waals surface area contributed by atoms with Crippen molar-refractivity contribution in [3.05, 3.63) is 40.9 Å². The number of hydrogen-bond donors (Lipinski definition) is 1. The first kappa shape index (κ1) is 16.0. The largest absolute Gasteiger partial charge is 0.505 e. The van der Waals surface area contributed by atoms with Gasteiger partial charge in [0.2, 0.25) is 0 Å². The summed E-state index contributed by atoms with van der Waals surface area (Å²) in [6, 6.07) is 9.73. The van der Waals surface area contributed by atoms with Gasteiger partial charge in [0.1, 0.15) is 9.71 Å². The first-order chi connectivity index (χ1) is 12.1. The molecule has 0 spiro atoms. The molecule has 1 N–H and O–H groups in total. The Labute approximate surface area is 150 Å². The number of carbonyl (C=O) groups is 1. The van der Waals surface area contributed by atoms with E-state index in [1.165, 1.54) is 11.3 Å². The SMILES string of the molecule is Cc1nc(-c2ccccc2)nc2sc(C(=O)N3CCCCC3)c(O)c12. The van der Waals surface area contributed by atoms with Crippen molar-refractivity contribution in [2.75, 3.05) is 13.1 Å². The summed E-state index contributed by atoms with van der Waals surface area (Å²) in [5.74, 6) is 0.539. The number of carbonyl (C=O) groups excluding carboxylic acids is 1. The zero-order chi connectivity index (χ0) is 17.4. The molecule has 1 aliphatic heterocycles. The third kappa shape index (κ3) is 2.87. The molecule has 0 radical (unpaired) electrons. The summed E-state index contributed by atoms with van der Waals surface area (Å²) in [5.41, 5.74) is 1.61. The van der Waals surface area contributed by atoms with E-state index in [0.717, 1.165) is 37.9 Å². The topological polar surface area (TPSA) is 66.3 Å². The second-order valence-electron chi connectivity index (χ2n) is 6.31. The Morgan fingerprint density at radius 1 is 1.12 bits per heavy atom. The molecule has 1 aliphatic rings. The van der Waals surface area contributed by atoms with Gasteiger partial charge in [0.15, 0.2) is 11.6 Å². The van der Waals surface area contributed by atoms with Gasteiger partial charge in [-0.3, -0.25) is 4.79 Å². The zero-order valence-electron chi connectivity index (χ0n) is 14.0. The number of aromatic hydroxyl groups is 1. The summed E-state index contributed by atoms with van der Waals surface area (Å²) < 4.78 is 0. The smallest absolute Gasteiger partial charge is 0.267 e. The first-order valence-corrected chi connectivity index (χ1v) is 9.31. The number of aryl methyl sites for hydroxylation is 1. The third-order valence-electron chi connectivity index (χ3n) is 4.58. The number of piperidine rings is 1. The number of amides is 1. The summed E-state index contributed by atoms with van der Waals surface area (Å²) in [7, 11) is 0. The zero-order valence-corrected chi connectivity index (χ0v) is 14.8. The maximum atomic E-state index is 12.8. The van der Waals surface area contributed by atoms with Gasteiger partial charge in [0.05, 0.1) is 11.1 Å². The number of rotatable bonds is 2. The molecule has 1 aromatic carbocycles. The Morgan fingerprint density at radius 3 is 2.56 bits per heavy atom. The minimum absolute atomic E-state index is 0.0210. The summed E-state index contributed by atoms with van der Waals surface area (Å²) in [5, 5.41) is 11.2. The molecule has 0 unspecified atom stereocenters. The lowest BCUT2D eigenvalue weighted by atomic mass is 10.1. The molecular formula is C19H19N3O2S. The molecule has 3 heterocycles. The summed E-state index contributed by atoms with van der Waals surface area (Å²) >= 11 is 1.26. The van der Waals surface area contributed by atoms with Crippen molar-refractivity contribution in [2.45, 2.75) is 26.2 Å². The van der Waals surface area contributed by atoms with Crippen LogP contribution >= 0.6 is 11.3 Å². The quantitative estimate of drug-likeness (QED) is 0.756. The van der Waals surface area contributed by atoms with Gasteiger partial charge in [-0.1, -0.05) is 30.3 Å². The van der Waals surface area contributed by atoms with Crippen LogP contribution in [0.2, 0.25) is 0 Å². The van der Waals surface area contributed by atoms with Gasteiger partial charge >= 0.3 is 0 Å². The van der Waals surface area contributed by atoms with Crippen LogP contribution in [0.15, 0.2) is 30.3 Å². The predicted molar refractivity (Wildman–Crippen MR) is 99.0 cm³/mol. The van der Waals surface area contributed by atoms with Gasteiger partial charge < -0.3 is 10.0 Å². The lowest BCUT2D eigenvalue weighted by molar-refractivity contribution is 0.0726. The normalized spacial score (nSPS) is 14.8. The number of thiophene rings is 1. The van der Waals surface area contributed by atoms with E-state index in [9.17, 15) is 9.90 Å². The summed E-state index contributed by atoms with van der Waals surface area (Å²) in [6.45, 7) is 3.36. The maximum absolute atomic E-state index is 12.8. The highest BCUT2D eigenvalue weighted by molar-refractivity contribution is 7.21. The second kappa shape index (κ2) is 6.44. The van der Waals surface area contributed by atoms with E-state index < -0.39 is 0 Å². The van der Waals surface area contributed by atoms with Crippen LogP contribution in [0.4, 0.5) is 0 Å². The van der Waals surface area contributed by atoms with E-state index in [0.29, 0.717) is 26.6 Å². The molecule has 0 bridgehead atoms. The Kier molecular flexibility index (Phi) is 4.13. The van der Waals surface area contributed by atoms with Crippen molar-refractivity contribution in [3.63, 3.8) is 0 Å². The molecule has 3 aromatic rings. The predicted octanol–water partition coefficient (Wildman–Crippen LogP) is 4.00. The molecule has 1 saturated heterocycles. The highest BCUT2D eigenvalue weighted by Crippen LogP contribution is 2.39. The number of fused-ring (bicyclic) bond motifs is 1. The Morgan fingerprint density at radius 2 is 1.84 bits per heavy atom. The Balaban J connectivity index is 1.79. The first-order valence-electron chi connectivity index (χ1n) is 8.50. The molecule has 1 amide bonds. The van der Waals surface area contributed by atoms with Crippen LogP contribution in [0.3, 0.4) is 0 Å². The van der Waals surface area contributed by atoms with Crippen molar-refractivity contribution in [1.29, 1.82) is 0 Å². The fourth-order valence-electron chi connectivity index (χ4n) is 3.25. The Bertz CT molecular complexity index is 931. The average Bonchev–Trinajstić information content (AvgIpc) is 2.99. The highest BCUT2D eigenvalue weighted by atomic mass is 32.1. The minimum Gasteiger partial charge on any atom is -0.505 e. The number of aromatic nitrogens is 2. The van der Waals surface area contributed by atoms with Crippen LogP contribution in [0.25, 0.3) is 21.6 Å². The molecular weight excluding hydrogens is 334 g/mol. The average molecular weight is 353 g/mol. The van der Waals surface area contributed by atoms with E-state index in [4.69, 9.17) is 0 Å². The number of nitrogens with zero attached hydrogens (tertiary/aromatic N) is 3. The molecule has 0 saturated carbocycles. The standard InChI is InChI=1S/C19H19N3O2S/c1-12-14-15(23)16(19(24)22-10-6-3-7-11-22)25-18(14)21-17(20-12)13-8-4-2-5-9-13/h2,4-5,8-9,23H,3,6-7,10-11H2,1H3. The minimum atomic E-state index is -0.0964. The molecule has 2 aromatic heterocycles. The maximum Gasteiger partial charge on any atom is 0.267 e. The fraction of sp³-hybridized carbons (Fsp3) is 0.316. The van der Waals surface area contributed by atoms with Crippen molar-refractivity contribution in [1.82, 2.24) is 14.9 Å². The van der Waals surface area contributed by atoms with Gasteiger partial charge in [0, 0.05) is 18.7 Å². The number of benzene rings is 1. The molecule has 0 atom stereocenters. The van der Waals surface area contributed by atoms with Gasteiger partial charge in [-0.2, -0.15) is 0 Å². The van der Waals surface area contributed by atoms with E-state index in [2.05, 4.69) is 9.97 Å². The van der Waals surface area contributed by atoms with Crippen LogP contribution in [0.5, 0.6) is 5.75 Å². The van der Waals surface area contributed by atoms with Crippen molar-refractivity contribution in [3.8, 4) is 17.1 Å². The lowest BCUT2D eigenvalue weighted by Crippen LogP contribution is -2.35. The van der Waals surface area contributed by atoms with Crippen LogP contribution in [-0.4, -0.2) is 39.0 Å². The van der Waals surface area contributed by atoms with Gasteiger partial charge in [-0.05, 0) is 26.2 Å². The van der Waals surface area contributed by atoms with Gasteiger partial charge in [-0.15, -0.1) is 11.3 Å². The summed E-state index contributed by atoms with van der Waals surface area (Å²) in [4.78, 5) is 24.8. The van der Waals surface area contributed by atoms with Crippen LogP contribution in [0.1, 0.15) is 34.6 Å². The van der Waals surface area contributed by atoms with E-state index >= 15 is 0 Å². The van der Waals surface area contributed by atoms with Crippen LogP contribution in [-0.2, 0) is 0 Å². The van der Waals surface area contributed by atoms with Crippen molar-refractivity contribution in [2.24, 2.45) is 0 Å². The van der Waals surface area contributed by atoms with Gasteiger partial charge in [0.25, 0.3) is 5.91 Å². The van der Waals surface area contributed by atoms with Crippen LogP contribution in [0, 0.1) is 6.92 Å². The van der Waals surface area contributed by atoms with E-state index in [-0.39, 0.29) is 11.7 Å². The monoisotopic (exact) mass is 353 g/mol. The molecule has 6 heteroatoms. The third-order valence-corrected chi connectivity index (χ3v) is 5.64. The molecule has 5 nitrogen and oxygen atoms in total. The van der Waals surface area contributed by atoms with Crippen molar-refractivity contribution >= 4 is 27.5 Å². The van der Waals surface area contributed by atoms with E-state index in [1.54, 1.807) is 0 Å². The molecule has 128 valence electrons. The van der Waals surface area contributed by atoms with Crippen molar-refractivity contribution < 1.29 is 9.90 Å². The molecule has 4 rings (SSSR count). The van der Waals surface area contributed by atoms with Gasteiger partial charge in [-0.25, -0.2) is 9.97 Å². The summed E-state index contributed by atoms with van der Waals surface area (Å²) in [6.07, 6.45) is 3.20. The number of hydrogen-bond acceptors (Lipinski definition) is 5.